The number of esters is 1. The molecule has 0 radical (unpaired) electrons. The highest BCUT2D eigenvalue weighted by Crippen LogP contribution is 2.40. The van der Waals surface area contributed by atoms with Crippen molar-refractivity contribution in [2.75, 3.05) is 20.8 Å². The van der Waals surface area contributed by atoms with Crippen LogP contribution in [0.5, 0.6) is 5.75 Å². The zero-order valence-electron chi connectivity index (χ0n) is 19.5. The Morgan fingerprint density at radius 3 is 2.44 bits per heavy atom. The lowest BCUT2D eigenvalue weighted by Crippen LogP contribution is -2.22. The summed E-state index contributed by atoms with van der Waals surface area (Å²) in [5, 5.41) is 15.5. The molecule has 34 heavy (non-hydrogen) atoms. The van der Waals surface area contributed by atoms with E-state index < -0.39 is 41.9 Å². The number of carbonyl (C=O) groups excluding carboxylic acids is 1. The Balaban J connectivity index is 2.19. The van der Waals surface area contributed by atoms with Crippen LogP contribution in [-0.2, 0) is 16.2 Å². The summed E-state index contributed by atoms with van der Waals surface area (Å²) >= 11 is 0. The van der Waals surface area contributed by atoms with Gasteiger partial charge in [-0.05, 0) is 18.2 Å². The van der Waals surface area contributed by atoms with Gasteiger partial charge in [0.25, 0.3) is 0 Å². The quantitative estimate of drug-likeness (QED) is 0.136. The Bertz CT molecular complexity index is 1260. The van der Waals surface area contributed by atoms with Gasteiger partial charge in [0.1, 0.15) is 18.0 Å². The van der Waals surface area contributed by atoms with E-state index in [-0.39, 0.29) is 34.6 Å². The summed E-state index contributed by atoms with van der Waals surface area (Å²) in [5.74, 6) is -3.05. The number of benzene rings is 2. The Kier molecular flexibility index (Phi) is 7.31. The standard InChI is InChI=1S/C22H25F2N3O6Si/c1-31-16-9-8-15(27(29)30)19(24)17(16)13-6-7-14-20(22(28)32-2)25-26(21(14)18(13)23)12-33-10-11-34(3,4)5/h6-9H,10-12H2,1-5H3. The summed E-state index contributed by atoms with van der Waals surface area (Å²) in [4.78, 5) is 22.6. The zero-order chi connectivity index (χ0) is 25.2. The van der Waals surface area contributed by atoms with Gasteiger partial charge in [-0.25, -0.2) is 13.9 Å². The maximum absolute atomic E-state index is 15.9. The van der Waals surface area contributed by atoms with E-state index in [4.69, 9.17) is 14.2 Å². The van der Waals surface area contributed by atoms with Gasteiger partial charge in [-0.1, -0.05) is 25.7 Å². The molecular formula is C22H25F2N3O6Si. The molecule has 0 spiro atoms. The first-order chi connectivity index (χ1) is 16.0. The van der Waals surface area contributed by atoms with Crippen molar-refractivity contribution in [2.45, 2.75) is 32.4 Å². The Morgan fingerprint density at radius 1 is 1.15 bits per heavy atom. The van der Waals surface area contributed by atoms with E-state index in [0.717, 1.165) is 16.8 Å². The summed E-state index contributed by atoms with van der Waals surface area (Å²) in [6.07, 6.45) is 0. The summed E-state index contributed by atoms with van der Waals surface area (Å²) < 4.78 is 47.7. The third-order valence-electron chi connectivity index (χ3n) is 5.21. The van der Waals surface area contributed by atoms with Crippen LogP contribution in [0.2, 0.25) is 25.7 Å². The van der Waals surface area contributed by atoms with Crippen molar-refractivity contribution < 1.29 is 32.7 Å². The predicted octanol–water partition coefficient (Wildman–Crippen LogP) is 5.00. The highest BCUT2D eigenvalue weighted by Gasteiger charge is 2.28. The average molecular weight is 494 g/mol. The summed E-state index contributed by atoms with van der Waals surface area (Å²) in [7, 11) is 1.04. The number of hydrogen-bond donors (Lipinski definition) is 0. The van der Waals surface area contributed by atoms with E-state index in [1.54, 1.807) is 0 Å². The second-order valence-corrected chi connectivity index (χ2v) is 14.4. The minimum atomic E-state index is -1.38. The van der Waals surface area contributed by atoms with Crippen LogP contribution in [0.4, 0.5) is 14.5 Å². The number of aromatic nitrogens is 2. The van der Waals surface area contributed by atoms with Gasteiger partial charge in [-0.3, -0.25) is 10.1 Å². The number of hydrogen-bond acceptors (Lipinski definition) is 7. The van der Waals surface area contributed by atoms with Gasteiger partial charge < -0.3 is 14.2 Å². The highest BCUT2D eigenvalue weighted by molar-refractivity contribution is 6.76. The number of nitro groups is 1. The van der Waals surface area contributed by atoms with Gasteiger partial charge in [0.05, 0.1) is 24.7 Å². The molecule has 2 aromatic carbocycles. The molecule has 1 aromatic heterocycles. The Hall–Kier alpha value is -3.38. The maximum atomic E-state index is 15.9. The summed E-state index contributed by atoms with van der Waals surface area (Å²) in [6, 6.07) is 5.59. The van der Waals surface area contributed by atoms with Gasteiger partial charge in [-0.2, -0.15) is 9.49 Å². The van der Waals surface area contributed by atoms with Crippen LogP contribution in [0, 0.1) is 21.7 Å². The van der Waals surface area contributed by atoms with Gasteiger partial charge in [0.15, 0.2) is 11.5 Å². The van der Waals surface area contributed by atoms with Gasteiger partial charge in [-0.15, -0.1) is 0 Å². The molecule has 0 fully saturated rings. The molecule has 0 atom stereocenters. The van der Waals surface area contributed by atoms with E-state index in [1.165, 1.54) is 32.4 Å². The van der Waals surface area contributed by atoms with Crippen molar-refractivity contribution in [1.29, 1.82) is 0 Å². The molecular weight excluding hydrogens is 468 g/mol. The topological polar surface area (TPSA) is 106 Å². The van der Waals surface area contributed by atoms with Crippen LogP contribution in [-0.4, -0.2) is 49.6 Å². The highest BCUT2D eigenvalue weighted by atomic mass is 28.3. The first-order valence-corrected chi connectivity index (χ1v) is 14.1. The third-order valence-corrected chi connectivity index (χ3v) is 6.91. The zero-order valence-corrected chi connectivity index (χ0v) is 20.5. The minimum absolute atomic E-state index is 0.0907. The van der Waals surface area contributed by atoms with Crippen molar-refractivity contribution in [2.24, 2.45) is 0 Å². The molecule has 0 bridgehead atoms. The molecule has 1 heterocycles. The largest absolute Gasteiger partial charge is 0.496 e. The van der Waals surface area contributed by atoms with Crippen molar-refractivity contribution in [1.82, 2.24) is 9.78 Å². The maximum Gasteiger partial charge on any atom is 0.359 e. The molecule has 0 saturated heterocycles. The molecule has 0 amide bonds. The van der Waals surface area contributed by atoms with Gasteiger partial charge in [0, 0.05) is 31.7 Å². The number of carbonyl (C=O) groups is 1. The number of nitro benzene ring substituents is 1. The average Bonchev–Trinajstić information content (AvgIpc) is 3.15. The Labute approximate surface area is 195 Å². The predicted molar refractivity (Wildman–Crippen MR) is 124 cm³/mol. The lowest BCUT2D eigenvalue weighted by Gasteiger charge is -2.15. The van der Waals surface area contributed by atoms with Crippen molar-refractivity contribution in [3.8, 4) is 16.9 Å². The molecule has 0 unspecified atom stereocenters. The van der Waals surface area contributed by atoms with Gasteiger partial charge >= 0.3 is 11.7 Å². The van der Waals surface area contributed by atoms with E-state index in [0.29, 0.717) is 6.61 Å². The van der Waals surface area contributed by atoms with Crippen LogP contribution in [0.3, 0.4) is 0 Å². The molecule has 182 valence electrons. The smallest absolute Gasteiger partial charge is 0.359 e. The van der Waals surface area contributed by atoms with Crippen LogP contribution in [0.25, 0.3) is 22.0 Å². The summed E-state index contributed by atoms with van der Waals surface area (Å²) in [5.41, 5.74) is -1.79. The van der Waals surface area contributed by atoms with Crippen molar-refractivity contribution >= 4 is 30.6 Å². The molecule has 0 aliphatic carbocycles. The van der Waals surface area contributed by atoms with E-state index in [9.17, 15) is 14.9 Å². The van der Waals surface area contributed by atoms with E-state index in [2.05, 4.69) is 24.7 Å². The number of nitrogens with zero attached hydrogens (tertiary/aromatic N) is 3. The van der Waals surface area contributed by atoms with Crippen molar-refractivity contribution in [3.05, 3.63) is 51.7 Å². The molecule has 9 nitrogen and oxygen atoms in total. The Morgan fingerprint density at radius 2 is 1.85 bits per heavy atom. The number of rotatable bonds is 9. The van der Waals surface area contributed by atoms with Gasteiger partial charge in [0.2, 0.25) is 5.82 Å². The lowest BCUT2D eigenvalue weighted by atomic mass is 10.00. The normalized spacial score (nSPS) is 11.6. The SMILES string of the molecule is COC(=O)c1nn(COCC[Si](C)(C)C)c2c(F)c(-c3c(OC)ccc([N+](=O)[O-])c3F)ccc12. The fourth-order valence-electron chi connectivity index (χ4n) is 3.41. The molecule has 0 N–H and O–H groups in total. The fourth-order valence-corrected chi connectivity index (χ4v) is 4.16. The minimum Gasteiger partial charge on any atom is -0.496 e. The fraction of sp³-hybridized carbons (Fsp3) is 0.364. The van der Waals surface area contributed by atoms with Crippen LogP contribution >= 0.6 is 0 Å². The van der Waals surface area contributed by atoms with Crippen LogP contribution in [0.1, 0.15) is 10.5 Å². The van der Waals surface area contributed by atoms with Crippen molar-refractivity contribution in [3.63, 3.8) is 0 Å². The lowest BCUT2D eigenvalue weighted by molar-refractivity contribution is -0.387. The molecule has 0 aliphatic rings. The number of ether oxygens (including phenoxy) is 3. The first kappa shape index (κ1) is 25.2. The third kappa shape index (κ3) is 4.92. The number of halogens is 2. The van der Waals surface area contributed by atoms with E-state index in [1.807, 2.05) is 0 Å². The molecule has 3 rings (SSSR count). The monoisotopic (exact) mass is 493 g/mol. The molecule has 3 aromatic rings. The molecule has 0 aliphatic heterocycles. The second-order valence-electron chi connectivity index (χ2n) is 8.74. The van der Waals surface area contributed by atoms with E-state index >= 15 is 8.78 Å². The summed E-state index contributed by atoms with van der Waals surface area (Å²) in [6.45, 7) is 6.80. The molecule has 0 saturated carbocycles. The van der Waals surface area contributed by atoms with Crippen LogP contribution < -0.4 is 4.74 Å². The number of fused-ring (bicyclic) bond motifs is 1. The second kappa shape index (κ2) is 9.85. The number of methoxy groups -OCH3 is 2. The van der Waals surface area contributed by atoms with Crippen LogP contribution in [0.15, 0.2) is 24.3 Å². The molecule has 12 heteroatoms. The first-order valence-electron chi connectivity index (χ1n) is 10.4.